The van der Waals surface area contributed by atoms with Crippen molar-refractivity contribution in [2.75, 3.05) is 0 Å². The third kappa shape index (κ3) is 1.13. The van der Waals surface area contributed by atoms with E-state index in [4.69, 9.17) is 21.7 Å². The van der Waals surface area contributed by atoms with Gasteiger partial charge < -0.3 is 15.9 Å². The highest BCUT2D eigenvalue weighted by molar-refractivity contribution is 5.91. The number of nitrogens with two attached hydrogens (primary N) is 2. The summed E-state index contributed by atoms with van der Waals surface area (Å²) in [5.74, 6) is -0.0948. The number of aliphatic hydroxyl groups is 2. The maximum atomic E-state index is 8.98. The summed E-state index contributed by atoms with van der Waals surface area (Å²) >= 11 is 0. The molecule has 1 heterocycles. The van der Waals surface area contributed by atoms with E-state index >= 15 is 0 Å². The summed E-state index contributed by atoms with van der Waals surface area (Å²) in [7, 11) is 0. The molecule has 0 radical (unpaired) electrons. The summed E-state index contributed by atoms with van der Waals surface area (Å²) in [6, 6.07) is 0. The van der Waals surface area contributed by atoms with Crippen LogP contribution in [0.25, 0.3) is 0 Å². The number of nitrogens with zero attached hydrogens (tertiary/aromatic N) is 2. The molecule has 0 amide bonds. The number of hydrogen-bond donors (Lipinski definition) is 4. The molecule has 0 spiro atoms. The summed E-state index contributed by atoms with van der Waals surface area (Å²) in [4.78, 5) is 6.71. The van der Waals surface area contributed by atoms with E-state index in [0.717, 1.165) is 6.21 Å². The number of guanidine groups is 1. The largest absolute Gasteiger partial charge is 0.368 e. The van der Waals surface area contributed by atoms with Gasteiger partial charge in [0.05, 0.1) is 6.21 Å². The fourth-order valence-electron chi connectivity index (χ4n) is 0.498. The molecule has 56 valence electrons. The van der Waals surface area contributed by atoms with Crippen molar-refractivity contribution >= 4 is 12.2 Å². The van der Waals surface area contributed by atoms with Crippen molar-refractivity contribution in [1.29, 1.82) is 0 Å². The highest BCUT2D eigenvalue weighted by Gasteiger charge is 2.31. The molecular formula is C4H8N4O2. The van der Waals surface area contributed by atoms with E-state index in [2.05, 4.69) is 9.98 Å². The first-order chi connectivity index (χ1) is 4.52. The second-order valence-corrected chi connectivity index (χ2v) is 2.01. The average Bonchev–Trinajstić information content (AvgIpc) is 1.81. The van der Waals surface area contributed by atoms with Gasteiger partial charge in [0.2, 0.25) is 5.96 Å². The number of aliphatic imine (C=N–C) groups is 2. The van der Waals surface area contributed by atoms with Crippen LogP contribution in [0.3, 0.4) is 0 Å². The Hall–Kier alpha value is -0.980. The molecule has 2 unspecified atom stereocenters. The highest BCUT2D eigenvalue weighted by Crippen LogP contribution is 2.05. The zero-order valence-electron chi connectivity index (χ0n) is 5.10. The lowest BCUT2D eigenvalue weighted by Crippen LogP contribution is -2.54. The summed E-state index contributed by atoms with van der Waals surface area (Å²) < 4.78 is 0. The molecule has 0 saturated heterocycles. The predicted molar refractivity (Wildman–Crippen MR) is 35.3 cm³/mol. The minimum atomic E-state index is -1.89. The minimum Gasteiger partial charge on any atom is -0.368 e. The van der Waals surface area contributed by atoms with Gasteiger partial charge in [-0.15, -0.1) is 0 Å². The molecule has 0 aromatic heterocycles. The van der Waals surface area contributed by atoms with Crippen LogP contribution in [0.5, 0.6) is 0 Å². The Kier molecular flexibility index (Phi) is 1.43. The second-order valence-electron chi connectivity index (χ2n) is 2.01. The van der Waals surface area contributed by atoms with Crippen LogP contribution in [-0.4, -0.2) is 34.3 Å². The fraction of sp³-hybridized carbons (Fsp3) is 0.500. The Bertz CT molecular complexity index is 197. The highest BCUT2D eigenvalue weighted by atomic mass is 16.4. The number of aliphatic hydroxyl groups excluding tert-OH is 1. The van der Waals surface area contributed by atoms with Crippen molar-refractivity contribution in [2.45, 2.75) is 12.0 Å². The molecule has 10 heavy (non-hydrogen) atoms. The summed E-state index contributed by atoms with van der Waals surface area (Å²) in [6.45, 7) is 0. The lowest BCUT2D eigenvalue weighted by Gasteiger charge is -2.23. The maximum absolute atomic E-state index is 8.98. The molecule has 1 aliphatic heterocycles. The van der Waals surface area contributed by atoms with Crippen molar-refractivity contribution < 1.29 is 10.2 Å². The van der Waals surface area contributed by atoms with E-state index in [9.17, 15) is 0 Å². The molecule has 1 aliphatic rings. The van der Waals surface area contributed by atoms with Crippen molar-refractivity contribution in [3.05, 3.63) is 0 Å². The lowest BCUT2D eigenvalue weighted by molar-refractivity contribution is -0.0126. The summed E-state index contributed by atoms with van der Waals surface area (Å²) in [5, 5.41) is 17.9. The van der Waals surface area contributed by atoms with Crippen LogP contribution >= 0.6 is 0 Å². The van der Waals surface area contributed by atoms with Crippen LogP contribution in [-0.2, 0) is 0 Å². The molecule has 0 fully saturated rings. The molecule has 6 nitrogen and oxygen atoms in total. The molecule has 2 atom stereocenters. The number of hydrogen-bond acceptors (Lipinski definition) is 6. The summed E-state index contributed by atoms with van der Waals surface area (Å²) in [5.41, 5.74) is 8.26. The zero-order chi connectivity index (χ0) is 7.78. The third-order valence-corrected chi connectivity index (χ3v) is 1.07. The molecular weight excluding hydrogens is 136 g/mol. The second kappa shape index (κ2) is 2.01. The van der Waals surface area contributed by atoms with Crippen molar-refractivity contribution in [3.8, 4) is 0 Å². The van der Waals surface area contributed by atoms with E-state index in [-0.39, 0.29) is 5.96 Å². The van der Waals surface area contributed by atoms with Gasteiger partial charge in [-0.3, -0.25) is 5.73 Å². The topological polar surface area (TPSA) is 117 Å². The van der Waals surface area contributed by atoms with E-state index in [1.165, 1.54) is 0 Å². The first-order valence-corrected chi connectivity index (χ1v) is 2.60. The summed E-state index contributed by atoms with van der Waals surface area (Å²) in [6.07, 6.45) is -0.481. The lowest BCUT2D eigenvalue weighted by atomic mass is 10.2. The van der Waals surface area contributed by atoms with Crippen LogP contribution in [0, 0.1) is 0 Å². The minimum absolute atomic E-state index is 0.0948. The molecule has 0 saturated carbocycles. The van der Waals surface area contributed by atoms with Gasteiger partial charge in [-0.05, 0) is 0 Å². The first-order valence-electron chi connectivity index (χ1n) is 2.60. The molecule has 6 N–H and O–H groups in total. The normalized spacial score (nSPS) is 39.5. The van der Waals surface area contributed by atoms with Crippen LogP contribution < -0.4 is 11.5 Å². The Morgan fingerprint density at radius 3 is 2.70 bits per heavy atom. The smallest absolute Gasteiger partial charge is 0.217 e. The maximum Gasteiger partial charge on any atom is 0.217 e. The van der Waals surface area contributed by atoms with Gasteiger partial charge in [0.15, 0.2) is 12.0 Å². The van der Waals surface area contributed by atoms with Crippen molar-refractivity contribution in [3.63, 3.8) is 0 Å². The Labute approximate surface area is 56.9 Å². The van der Waals surface area contributed by atoms with Crippen LogP contribution in [0.15, 0.2) is 9.98 Å². The van der Waals surface area contributed by atoms with Crippen LogP contribution in [0.1, 0.15) is 0 Å². The van der Waals surface area contributed by atoms with E-state index < -0.39 is 12.0 Å². The van der Waals surface area contributed by atoms with Gasteiger partial charge in [-0.25, -0.2) is 9.98 Å². The standard InChI is InChI=1S/C4H8N4O2/c5-3-7-1-4(6,10)2(9)8-3/h1-2,9-10H,6H2,(H2,5,8). The van der Waals surface area contributed by atoms with Gasteiger partial charge >= 0.3 is 0 Å². The fourth-order valence-corrected chi connectivity index (χ4v) is 0.498. The van der Waals surface area contributed by atoms with Gasteiger partial charge in [0, 0.05) is 0 Å². The Morgan fingerprint density at radius 2 is 2.30 bits per heavy atom. The van der Waals surface area contributed by atoms with Gasteiger partial charge in [-0.1, -0.05) is 0 Å². The number of rotatable bonds is 0. The Morgan fingerprint density at radius 1 is 1.70 bits per heavy atom. The van der Waals surface area contributed by atoms with Crippen molar-refractivity contribution in [2.24, 2.45) is 21.5 Å². The van der Waals surface area contributed by atoms with E-state index in [0.29, 0.717) is 0 Å². The predicted octanol–water partition coefficient (Wildman–Crippen LogP) is -2.65. The molecule has 1 rings (SSSR count). The van der Waals surface area contributed by atoms with Gasteiger partial charge in [0.1, 0.15) is 0 Å². The van der Waals surface area contributed by atoms with E-state index in [1.54, 1.807) is 0 Å². The van der Waals surface area contributed by atoms with Gasteiger partial charge in [-0.2, -0.15) is 0 Å². The first kappa shape index (κ1) is 7.13. The molecule has 0 aromatic rings. The monoisotopic (exact) mass is 144 g/mol. The molecule has 0 aliphatic carbocycles. The van der Waals surface area contributed by atoms with Gasteiger partial charge in [0.25, 0.3) is 0 Å². The van der Waals surface area contributed by atoms with E-state index in [1.807, 2.05) is 0 Å². The SMILES string of the molecule is NC1=NC(O)C(N)(O)C=N1. The van der Waals surface area contributed by atoms with Crippen LogP contribution in [0.2, 0.25) is 0 Å². The molecule has 6 heteroatoms. The van der Waals surface area contributed by atoms with Crippen LogP contribution in [0.4, 0.5) is 0 Å². The third-order valence-electron chi connectivity index (χ3n) is 1.07. The Balaban J connectivity index is 2.84. The van der Waals surface area contributed by atoms with Crippen molar-refractivity contribution in [1.82, 2.24) is 0 Å². The molecule has 0 aromatic carbocycles. The zero-order valence-corrected chi connectivity index (χ0v) is 5.10. The average molecular weight is 144 g/mol. The quantitative estimate of drug-likeness (QED) is 0.278. The molecule has 0 bridgehead atoms.